The number of nitrogens with zero attached hydrogens (tertiary/aromatic N) is 4. The van der Waals surface area contributed by atoms with E-state index in [1.807, 2.05) is 24.3 Å². The monoisotopic (exact) mass is 638 g/mol. The first-order chi connectivity index (χ1) is 24.8. The molecule has 3 heterocycles. The average molecular weight is 639 g/mol. The molecule has 7 aromatic carbocycles. The van der Waals surface area contributed by atoms with Crippen molar-refractivity contribution in [3.63, 3.8) is 0 Å². The Morgan fingerprint density at radius 3 is 1.64 bits per heavy atom. The van der Waals surface area contributed by atoms with E-state index in [0.717, 1.165) is 44.9 Å². The van der Waals surface area contributed by atoms with Crippen LogP contribution in [-0.2, 0) is 0 Å². The molecule has 4 nitrogen and oxygen atoms in total. The molecule has 0 fully saturated rings. The summed E-state index contributed by atoms with van der Waals surface area (Å²) in [6.45, 7) is 0. The first-order valence-electron chi connectivity index (χ1n) is 16.9. The maximum absolute atomic E-state index is 5.33. The van der Waals surface area contributed by atoms with Crippen LogP contribution in [0.4, 0.5) is 0 Å². The van der Waals surface area contributed by atoms with Gasteiger partial charge in [0, 0.05) is 44.4 Å². The molecule has 10 rings (SSSR count). The molecule has 0 bridgehead atoms. The molecule has 0 saturated carbocycles. The van der Waals surface area contributed by atoms with Gasteiger partial charge in [-0.1, -0.05) is 146 Å². The van der Waals surface area contributed by atoms with Crippen LogP contribution in [-0.4, -0.2) is 19.1 Å². The van der Waals surface area contributed by atoms with Gasteiger partial charge in [0.2, 0.25) is 0 Å². The van der Waals surface area contributed by atoms with Gasteiger partial charge < -0.3 is 4.57 Å². The molecule has 0 atom stereocenters. The molecule has 0 aliphatic heterocycles. The second-order valence-electron chi connectivity index (χ2n) is 12.6. The van der Waals surface area contributed by atoms with Gasteiger partial charge >= 0.3 is 0 Å². The molecule has 0 aliphatic carbocycles. The van der Waals surface area contributed by atoms with Crippen molar-refractivity contribution in [2.75, 3.05) is 0 Å². The van der Waals surface area contributed by atoms with E-state index < -0.39 is 0 Å². The predicted molar refractivity (Wildman–Crippen MR) is 207 cm³/mol. The van der Waals surface area contributed by atoms with Crippen molar-refractivity contribution in [2.24, 2.45) is 0 Å². The minimum Gasteiger partial charge on any atom is -0.309 e. The molecule has 234 valence electrons. The fraction of sp³-hybridized carbons (Fsp3) is 0. The van der Waals surface area contributed by atoms with Crippen molar-refractivity contribution in [3.05, 3.63) is 182 Å². The highest BCUT2D eigenvalue weighted by atomic mass is 15.1. The third-order valence-electron chi connectivity index (χ3n) is 9.75. The zero-order valence-corrected chi connectivity index (χ0v) is 27.1. The predicted octanol–water partition coefficient (Wildman–Crippen LogP) is 11.7. The number of benzene rings is 7. The molecule has 4 heteroatoms. The number of para-hydroxylation sites is 3. The summed E-state index contributed by atoms with van der Waals surface area (Å²) in [7, 11) is 0. The SMILES string of the molecule is c1ccc(-c2ccc(-c3cc(-n4c5ccccc5c5ccc6c(c7ccccc7n6-c6ccccc6)c54)nc(-c4ccccc4)n3)cc2)cc1. The Bertz CT molecular complexity index is 2830. The molecular weight excluding hydrogens is 609 g/mol. The fourth-order valence-corrected chi connectivity index (χ4v) is 7.48. The van der Waals surface area contributed by atoms with Crippen LogP contribution < -0.4 is 0 Å². The normalized spacial score (nSPS) is 11.6. The van der Waals surface area contributed by atoms with Crippen LogP contribution in [0.1, 0.15) is 0 Å². The average Bonchev–Trinajstić information content (AvgIpc) is 3.72. The summed E-state index contributed by atoms with van der Waals surface area (Å²) in [6.07, 6.45) is 0. The molecule has 10 aromatic rings. The van der Waals surface area contributed by atoms with Crippen LogP contribution in [0, 0.1) is 0 Å². The van der Waals surface area contributed by atoms with Crippen LogP contribution in [0.5, 0.6) is 0 Å². The van der Waals surface area contributed by atoms with Crippen LogP contribution in [0.15, 0.2) is 182 Å². The van der Waals surface area contributed by atoms with Gasteiger partial charge in [-0.05, 0) is 41.5 Å². The molecule has 50 heavy (non-hydrogen) atoms. The van der Waals surface area contributed by atoms with E-state index in [2.05, 4.69) is 167 Å². The maximum atomic E-state index is 5.33. The van der Waals surface area contributed by atoms with E-state index in [1.165, 1.54) is 38.2 Å². The number of fused-ring (bicyclic) bond motifs is 7. The summed E-state index contributed by atoms with van der Waals surface area (Å²) in [6, 6.07) is 64.2. The summed E-state index contributed by atoms with van der Waals surface area (Å²) in [5.74, 6) is 1.52. The largest absolute Gasteiger partial charge is 0.309 e. The molecule has 0 spiro atoms. The van der Waals surface area contributed by atoms with Gasteiger partial charge in [0.15, 0.2) is 5.82 Å². The highest BCUT2D eigenvalue weighted by Crippen LogP contribution is 2.42. The van der Waals surface area contributed by atoms with E-state index in [-0.39, 0.29) is 0 Å². The van der Waals surface area contributed by atoms with Crippen molar-refractivity contribution in [3.8, 4) is 45.3 Å². The van der Waals surface area contributed by atoms with Gasteiger partial charge in [0.1, 0.15) is 5.82 Å². The minimum absolute atomic E-state index is 0.690. The van der Waals surface area contributed by atoms with Crippen molar-refractivity contribution in [1.82, 2.24) is 19.1 Å². The lowest BCUT2D eigenvalue weighted by Gasteiger charge is -2.13. The van der Waals surface area contributed by atoms with Crippen LogP contribution in [0.2, 0.25) is 0 Å². The summed E-state index contributed by atoms with van der Waals surface area (Å²) in [4.78, 5) is 10.5. The number of rotatable bonds is 5. The van der Waals surface area contributed by atoms with Crippen molar-refractivity contribution < 1.29 is 0 Å². The van der Waals surface area contributed by atoms with E-state index in [1.54, 1.807) is 0 Å². The number of hydrogen-bond donors (Lipinski definition) is 0. The summed E-state index contributed by atoms with van der Waals surface area (Å²) >= 11 is 0. The van der Waals surface area contributed by atoms with Gasteiger partial charge in [-0.2, -0.15) is 0 Å². The fourth-order valence-electron chi connectivity index (χ4n) is 7.48. The molecule has 0 aliphatic rings. The zero-order valence-electron chi connectivity index (χ0n) is 27.1. The lowest BCUT2D eigenvalue weighted by Crippen LogP contribution is -2.03. The standard InChI is InChI=1S/C46H30N4/c1-4-14-31(15-5-1)32-24-26-33(27-25-32)39-30-43(48-46(47-39)34-16-6-2-7-17-34)50-40-22-12-10-20-36(40)37-28-29-42-44(45(37)50)38-21-11-13-23-41(38)49(42)35-18-8-3-9-19-35/h1-30H. The van der Waals surface area contributed by atoms with Crippen LogP contribution >= 0.6 is 0 Å². The zero-order chi connectivity index (χ0) is 33.0. The summed E-state index contributed by atoms with van der Waals surface area (Å²) in [5, 5.41) is 4.79. The van der Waals surface area contributed by atoms with Crippen molar-refractivity contribution in [1.29, 1.82) is 0 Å². The highest BCUT2D eigenvalue weighted by molar-refractivity contribution is 6.26. The van der Waals surface area contributed by atoms with E-state index in [9.17, 15) is 0 Å². The van der Waals surface area contributed by atoms with E-state index >= 15 is 0 Å². The molecule has 0 radical (unpaired) electrons. The number of aromatic nitrogens is 4. The molecule has 0 unspecified atom stereocenters. The van der Waals surface area contributed by atoms with Gasteiger partial charge in [-0.25, -0.2) is 9.97 Å². The van der Waals surface area contributed by atoms with Gasteiger partial charge in [0.05, 0.1) is 27.8 Å². The van der Waals surface area contributed by atoms with Crippen molar-refractivity contribution >= 4 is 43.6 Å². The molecule has 3 aromatic heterocycles. The molecule has 0 saturated heterocycles. The van der Waals surface area contributed by atoms with Crippen LogP contribution in [0.3, 0.4) is 0 Å². The van der Waals surface area contributed by atoms with Crippen LogP contribution in [0.25, 0.3) is 88.9 Å². The molecular formula is C46H30N4. The first kappa shape index (κ1) is 28.3. The second-order valence-corrected chi connectivity index (χ2v) is 12.6. The highest BCUT2D eigenvalue weighted by Gasteiger charge is 2.22. The molecule has 0 N–H and O–H groups in total. The quantitative estimate of drug-likeness (QED) is 0.188. The van der Waals surface area contributed by atoms with Gasteiger partial charge in [-0.15, -0.1) is 0 Å². The Morgan fingerprint density at radius 2 is 0.920 bits per heavy atom. The Morgan fingerprint density at radius 1 is 0.360 bits per heavy atom. The lowest BCUT2D eigenvalue weighted by molar-refractivity contribution is 1.05. The Hall–Kier alpha value is -6.78. The second kappa shape index (κ2) is 11.4. The summed E-state index contributed by atoms with van der Waals surface area (Å²) < 4.78 is 4.73. The smallest absolute Gasteiger partial charge is 0.162 e. The Kier molecular flexibility index (Phi) is 6.46. The van der Waals surface area contributed by atoms with E-state index in [4.69, 9.17) is 9.97 Å². The number of hydrogen-bond acceptors (Lipinski definition) is 2. The lowest BCUT2D eigenvalue weighted by atomic mass is 10.0. The first-order valence-corrected chi connectivity index (χ1v) is 16.9. The maximum Gasteiger partial charge on any atom is 0.162 e. The minimum atomic E-state index is 0.690. The third kappa shape index (κ3) is 4.46. The Balaban J connectivity index is 1.29. The topological polar surface area (TPSA) is 35.6 Å². The Labute approximate surface area is 289 Å². The van der Waals surface area contributed by atoms with E-state index in [0.29, 0.717) is 5.82 Å². The van der Waals surface area contributed by atoms with Crippen molar-refractivity contribution in [2.45, 2.75) is 0 Å². The third-order valence-corrected chi connectivity index (χ3v) is 9.75. The molecule has 0 amide bonds. The summed E-state index contributed by atoms with van der Waals surface area (Å²) in [5.41, 5.74) is 11.0. The van der Waals surface area contributed by atoms with Gasteiger partial charge in [-0.3, -0.25) is 4.57 Å². The van der Waals surface area contributed by atoms with Gasteiger partial charge in [0.25, 0.3) is 0 Å².